The van der Waals surface area contributed by atoms with Crippen LogP contribution in [0.2, 0.25) is 0 Å². The molecule has 1 fully saturated rings. The molecule has 1 atom stereocenters. The third kappa shape index (κ3) is 4.71. The van der Waals surface area contributed by atoms with Crippen LogP contribution in [0.15, 0.2) is 48.9 Å². The van der Waals surface area contributed by atoms with Gasteiger partial charge in [-0.05, 0) is 24.6 Å². The molecule has 0 radical (unpaired) electrons. The summed E-state index contributed by atoms with van der Waals surface area (Å²) in [6, 6.07) is 8.61. The first kappa shape index (κ1) is 22.1. The Morgan fingerprint density at radius 2 is 1.75 bits per heavy atom. The van der Waals surface area contributed by atoms with Crippen molar-refractivity contribution in [1.82, 2.24) is 19.9 Å². The Kier molecular flexibility index (Phi) is 6.62. The maximum absolute atomic E-state index is 15.0. The van der Waals surface area contributed by atoms with Crippen LogP contribution in [-0.2, 0) is 6.54 Å². The lowest BCUT2D eigenvalue weighted by Crippen LogP contribution is -2.46. The van der Waals surface area contributed by atoms with Crippen LogP contribution in [0.25, 0.3) is 0 Å². The molecule has 3 aromatic rings. The van der Waals surface area contributed by atoms with E-state index < -0.39 is 6.10 Å². The number of hydrogen-bond donors (Lipinski definition) is 1. The minimum atomic E-state index is -0.979. The predicted molar refractivity (Wildman–Crippen MR) is 123 cm³/mol. The van der Waals surface area contributed by atoms with Gasteiger partial charge in [0.1, 0.15) is 11.9 Å². The first-order valence-electron chi connectivity index (χ1n) is 10.8. The van der Waals surface area contributed by atoms with Crippen LogP contribution in [0, 0.1) is 12.7 Å². The summed E-state index contributed by atoms with van der Waals surface area (Å²) in [5.41, 5.74) is 3.50. The highest BCUT2D eigenvalue weighted by Crippen LogP contribution is 2.34. The third-order valence-electron chi connectivity index (χ3n) is 5.81. The SMILES string of the molecule is Cc1cccnc1C(O)c1cccc(F)c1N1CCN(Cc2cnc(N(C)C)nc2)CC1. The van der Waals surface area contributed by atoms with Crippen molar-refractivity contribution >= 4 is 11.6 Å². The average Bonchev–Trinajstić information content (AvgIpc) is 2.80. The van der Waals surface area contributed by atoms with E-state index in [-0.39, 0.29) is 5.82 Å². The zero-order valence-corrected chi connectivity index (χ0v) is 18.7. The number of aryl methyl sites for hydroxylation is 1. The van der Waals surface area contributed by atoms with Crippen molar-refractivity contribution in [2.24, 2.45) is 0 Å². The van der Waals surface area contributed by atoms with Gasteiger partial charge in [-0.2, -0.15) is 0 Å². The molecule has 3 heterocycles. The molecule has 168 valence electrons. The van der Waals surface area contributed by atoms with Crippen molar-refractivity contribution < 1.29 is 9.50 Å². The number of para-hydroxylation sites is 1. The Morgan fingerprint density at radius 3 is 2.41 bits per heavy atom. The fourth-order valence-electron chi connectivity index (χ4n) is 4.07. The van der Waals surface area contributed by atoms with Gasteiger partial charge in [-0.25, -0.2) is 14.4 Å². The van der Waals surface area contributed by atoms with E-state index >= 15 is 0 Å². The third-order valence-corrected chi connectivity index (χ3v) is 5.81. The number of hydrogen-bond acceptors (Lipinski definition) is 7. The van der Waals surface area contributed by atoms with Crippen LogP contribution in [0.3, 0.4) is 0 Å². The van der Waals surface area contributed by atoms with Gasteiger partial charge in [0.15, 0.2) is 0 Å². The Labute approximate surface area is 188 Å². The van der Waals surface area contributed by atoms with E-state index in [4.69, 9.17) is 0 Å². The average molecular weight is 437 g/mol. The molecule has 1 unspecified atom stereocenters. The zero-order valence-electron chi connectivity index (χ0n) is 18.7. The number of aliphatic hydroxyl groups excluding tert-OH is 1. The molecule has 0 bridgehead atoms. The second-order valence-electron chi connectivity index (χ2n) is 8.33. The van der Waals surface area contributed by atoms with Crippen LogP contribution in [0.1, 0.15) is 28.5 Å². The highest BCUT2D eigenvalue weighted by Gasteiger charge is 2.26. The summed E-state index contributed by atoms with van der Waals surface area (Å²) in [6.07, 6.45) is 4.38. The summed E-state index contributed by atoms with van der Waals surface area (Å²) in [5.74, 6) is 0.364. The van der Waals surface area contributed by atoms with Gasteiger partial charge in [-0.15, -0.1) is 0 Å². The number of piperazine rings is 1. The molecule has 1 aliphatic rings. The van der Waals surface area contributed by atoms with Crippen molar-refractivity contribution in [3.8, 4) is 0 Å². The molecule has 0 saturated carbocycles. The van der Waals surface area contributed by atoms with Crippen LogP contribution in [0.4, 0.5) is 16.0 Å². The van der Waals surface area contributed by atoms with Crippen molar-refractivity contribution in [2.45, 2.75) is 19.6 Å². The Morgan fingerprint density at radius 1 is 1.03 bits per heavy atom. The number of pyridine rings is 1. The van der Waals surface area contributed by atoms with Crippen molar-refractivity contribution in [3.05, 3.63) is 77.1 Å². The van der Waals surface area contributed by atoms with Gasteiger partial charge < -0.3 is 14.9 Å². The van der Waals surface area contributed by atoms with E-state index in [1.54, 1.807) is 18.3 Å². The molecule has 7 nitrogen and oxygen atoms in total. The normalized spacial score (nSPS) is 15.6. The maximum atomic E-state index is 15.0. The lowest BCUT2D eigenvalue weighted by atomic mass is 9.99. The van der Waals surface area contributed by atoms with Crippen LogP contribution >= 0.6 is 0 Å². The van der Waals surface area contributed by atoms with Gasteiger partial charge in [-0.1, -0.05) is 18.2 Å². The van der Waals surface area contributed by atoms with E-state index in [0.29, 0.717) is 36.0 Å². The van der Waals surface area contributed by atoms with E-state index in [0.717, 1.165) is 30.8 Å². The Hall–Kier alpha value is -3.10. The van der Waals surface area contributed by atoms with Gasteiger partial charge in [-0.3, -0.25) is 9.88 Å². The number of aromatic nitrogens is 3. The van der Waals surface area contributed by atoms with Gasteiger partial charge in [0, 0.05) is 76.5 Å². The lowest BCUT2D eigenvalue weighted by Gasteiger charge is -2.37. The summed E-state index contributed by atoms with van der Waals surface area (Å²) >= 11 is 0. The first-order chi connectivity index (χ1) is 15.4. The zero-order chi connectivity index (χ0) is 22.7. The standard InChI is InChI=1S/C24H29FN6O/c1-17-6-5-9-26-21(17)23(32)19-7-4-8-20(25)22(19)31-12-10-30(11-13-31)16-18-14-27-24(28-15-18)29(2)3/h4-9,14-15,23,32H,10-13,16H2,1-3H3. The van der Waals surface area contributed by atoms with E-state index in [9.17, 15) is 9.50 Å². The monoisotopic (exact) mass is 436 g/mol. The van der Waals surface area contributed by atoms with Gasteiger partial charge >= 0.3 is 0 Å². The van der Waals surface area contributed by atoms with Crippen LogP contribution in [0.5, 0.6) is 0 Å². The van der Waals surface area contributed by atoms with E-state index in [1.807, 2.05) is 55.3 Å². The van der Waals surface area contributed by atoms with Crippen LogP contribution < -0.4 is 9.80 Å². The molecular weight excluding hydrogens is 407 g/mol. The maximum Gasteiger partial charge on any atom is 0.224 e. The molecule has 2 aromatic heterocycles. The summed E-state index contributed by atoms with van der Waals surface area (Å²) in [5, 5.41) is 11.0. The highest BCUT2D eigenvalue weighted by atomic mass is 19.1. The van der Waals surface area contributed by atoms with E-state index in [1.165, 1.54) is 6.07 Å². The van der Waals surface area contributed by atoms with Crippen molar-refractivity contribution in [1.29, 1.82) is 0 Å². The Bertz CT molecular complexity index is 1050. The molecule has 4 rings (SSSR count). The quantitative estimate of drug-likeness (QED) is 0.637. The molecule has 1 N–H and O–H groups in total. The number of nitrogens with zero attached hydrogens (tertiary/aromatic N) is 6. The molecule has 0 amide bonds. The molecule has 0 spiro atoms. The number of anilines is 2. The molecule has 1 saturated heterocycles. The summed E-state index contributed by atoms with van der Waals surface area (Å²) in [4.78, 5) is 19.3. The highest BCUT2D eigenvalue weighted by molar-refractivity contribution is 5.58. The molecule has 1 aliphatic heterocycles. The molecular formula is C24H29FN6O. The minimum absolute atomic E-state index is 0.323. The van der Waals surface area contributed by atoms with Crippen molar-refractivity contribution in [2.75, 3.05) is 50.1 Å². The molecule has 32 heavy (non-hydrogen) atoms. The number of halogens is 1. The summed E-state index contributed by atoms with van der Waals surface area (Å²) in [6.45, 7) is 5.54. The number of rotatable bonds is 6. The summed E-state index contributed by atoms with van der Waals surface area (Å²) < 4.78 is 15.0. The Balaban J connectivity index is 1.47. The molecule has 1 aromatic carbocycles. The topological polar surface area (TPSA) is 68.6 Å². The number of aliphatic hydroxyl groups is 1. The van der Waals surface area contributed by atoms with Crippen LogP contribution in [-0.4, -0.2) is 65.2 Å². The lowest BCUT2D eigenvalue weighted by molar-refractivity contribution is 0.213. The predicted octanol–water partition coefficient (Wildman–Crippen LogP) is 2.79. The van der Waals surface area contributed by atoms with Gasteiger partial charge in [0.25, 0.3) is 0 Å². The summed E-state index contributed by atoms with van der Waals surface area (Å²) in [7, 11) is 3.83. The smallest absolute Gasteiger partial charge is 0.224 e. The van der Waals surface area contributed by atoms with Crippen molar-refractivity contribution in [3.63, 3.8) is 0 Å². The van der Waals surface area contributed by atoms with Gasteiger partial charge in [0.2, 0.25) is 5.95 Å². The second kappa shape index (κ2) is 9.58. The second-order valence-corrected chi connectivity index (χ2v) is 8.33. The van der Waals surface area contributed by atoms with E-state index in [2.05, 4.69) is 19.9 Å². The fourth-order valence-corrected chi connectivity index (χ4v) is 4.07. The number of benzene rings is 1. The van der Waals surface area contributed by atoms with Gasteiger partial charge in [0.05, 0.1) is 11.4 Å². The fraction of sp³-hybridized carbons (Fsp3) is 0.375. The minimum Gasteiger partial charge on any atom is -0.382 e. The largest absolute Gasteiger partial charge is 0.382 e. The first-order valence-corrected chi connectivity index (χ1v) is 10.8. The molecule has 8 heteroatoms. The molecule has 0 aliphatic carbocycles.